The van der Waals surface area contributed by atoms with E-state index in [0.29, 0.717) is 13.3 Å². The van der Waals surface area contributed by atoms with Crippen molar-refractivity contribution in [2.45, 2.75) is 50.9 Å². The molecule has 0 N–H and O–H groups in total. The average Bonchev–Trinajstić information content (AvgIpc) is 3.05. The molecule has 0 aliphatic carbocycles. The van der Waals surface area contributed by atoms with E-state index in [4.69, 9.17) is 0 Å². The van der Waals surface area contributed by atoms with Crippen LogP contribution in [0.4, 0.5) is 9.59 Å². The van der Waals surface area contributed by atoms with Gasteiger partial charge in [0.25, 0.3) is 0 Å². The van der Waals surface area contributed by atoms with Gasteiger partial charge in [-0.15, -0.1) is 0 Å². The number of carbonyl (C=O) groups excluding carboxylic acids is 2. The van der Waals surface area contributed by atoms with Crippen LogP contribution in [0.3, 0.4) is 0 Å². The fourth-order valence-corrected chi connectivity index (χ4v) is 4.93. The Balaban J connectivity index is 1.53. The van der Waals surface area contributed by atoms with Crippen LogP contribution in [0.5, 0.6) is 0 Å². The number of piperidine rings is 2. The fraction of sp³-hybridized carbons (Fsp3) is 0.889. The van der Waals surface area contributed by atoms with E-state index in [-0.39, 0.29) is 24.4 Å². The maximum absolute atomic E-state index is 13.3. The number of likely N-dealkylation sites (tertiary alicyclic amines) is 2. The number of hydrogen-bond acceptors (Lipinski definition) is 4. The number of nitrogens with zero attached hydrogens (tertiary/aromatic N) is 6. The first-order valence-electron chi connectivity index (χ1n) is 10.1. The minimum Gasteiger partial charge on any atom is -0.303 e. The van der Waals surface area contributed by atoms with Crippen LogP contribution in [0.2, 0.25) is 0 Å². The lowest BCUT2D eigenvalue weighted by Crippen LogP contribution is -2.51. The topological polar surface area (TPSA) is 53.6 Å². The molecule has 8 nitrogen and oxygen atoms in total. The molecular formula is C18H32N6O2. The van der Waals surface area contributed by atoms with Crippen LogP contribution in [-0.4, -0.2) is 107 Å². The van der Waals surface area contributed by atoms with Gasteiger partial charge < -0.3 is 9.80 Å². The summed E-state index contributed by atoms with van der Waals surface area (Å²) >= 11 is 0. The molecule has 146 valence electrons. The van der Waals surface area contributed by atoms with E-state index in [0.717, 1.165) is 26.2 Å². The zero-order valence-corrected chi connectivity index (χ0v) is 16.1. The first-order valence-corrected chi connectivity index (χ1v) is 10.1. The Kier molecular flexibility index (Phi) is 4.96. The highest BCUT2D eigenvalue weighted by Crippen LogP contribution is 2.34. The van der Waals surface area contributed by atoms with Crippen molar-refractivity contribution in [3.05, 3.63) is 0 Å². The molecule has 4 heterocycles. The van der Waals surface area contributed by atoms with Crippen molar-refractivity contribution < 1.29 is 9.59 Å². The summed E-state index contributed by atoms with van der Waals surface area (Å²) in [5.74, 6) is 0. The standard InChI is InChI=1S/C18H32N6O2/c1-19-15-16(20(2)17(19)25)24(14-22-11-7-4-8-12-22)18(26)23(15)13-21-9-5-3-6-10-21/h15-16H,3-14H2,1-2H3/t15-,16+. The van der Waals surface area contributed by atoms with Crippen molar-refractivity contribution in [3.8, 4) is 0 Å². The van der Waals surface area contributed by atoms with Gasteiger partial charge in [0.15, 0.2) is 12.3 Å². The first kappa shape index (κ1) is 17.9. The third-order valence-electron chi connectivity index (χ3n) is 6.40. The molecule has 8 heteroatoms. The van der Waals surface area contributed by atoms with Crippen molar-refractivity contribution in [2.24, 2.45) is 0 Å². The van der Waals surface area contributed by atoms with Crippen molar-refractivity contribution in [2.75, 3.05) is 53.6 Å². The smallest absolute Gasteiger partial charge is 0.303 e. The van der Waals surface area contributed by atoms with Gasteiger partial charge in [-0.2, -0.15) is 0 Å². The number of hydrogen-bond donors (Lipinski definition) is 0. The highest BCUT2D eigenvalue weighted by Gasteiger charge is 2.57. The van der Waals surface area contributed by atoms with Gasteiger partial charge >= 0.3 is 12.1 Å². The Hall–Kier alpha value is -1.54. The van der Waals surface area contributed by atoms with Gasteiger partial charge in [0.05, 0.1) is 13.3 Å². The largest absolute Gasteiger partial charge is 0.325 e. The summed E-state index contributed by atoms with van der Waals surface area (Å²) in [6, 6.07) is 0.0714. The Morgan fingerprint density at radius 1 is 0.654 bits per heavy atom. The Bertz CT molecular complexity index is 502. The number of amides is 4. The second kappa shape index (κ2) is 7.23. The molecule has 0 aromatic carbocycles. The zero-order valence-electron chi connectivity index (χ0n) is 16.1. The number of fused-ring (bicyclic) bond motifs is 1. The summed E-state index contributed by atoms with van der Waals surface area (Å²) < 4.78 is 0. The molecule has 0 radical (unpaired) electrons. The van der Waals surface area contributed by atoms with Crippen LogP contribution in [0.15, 0.2) is 0 Å². The summed E-state index contributed by atoms with van der Waals surface area (Å²) in [7, 11) is 3.65. The maximum Gasteiger partial charge on any atom is 0.325 e. The van der Waals surface area contributed by atoms with E-state index in [2.05, 4.69) is 9.80 Å². The Labute approximate surface area is 156 Å². The second-order valence-corrected chi connectivity index (χ2v) is 8.19. The van der Waals surface area contributed by atoms with Crippen LogP contribution >= 0.6 is 0 Å². The molecule has 4 aliphatic rings. The molecule has 4 aliphatic heterocycles. The quantitative estimate of drug-likeness (QED) is 0.754. The van der Waals surface area contributed by atoms with Crippen molar-refractivity contribution in [3.63, 3.8) is 0 Å². The molecular weight excluding hydrogens is 332 g/mol. The third-order valence-corrected chi connectivity index (χ3v) is 6.40. The first-order chi connectivity index (χ1) is 12.6. The molecule has 4 amide bonds. The van der Waals surface area contributed by atoms with E-state index < -0.39 is 0 Å². The van der Waals surface area contributed by atoms with Crippen LogP contribution in [0, 0.1) is 0 Å². The predicted molar refractivity (Wildman–Crippen MR) is 98.2 cm³/mol. The molecule has 0 bridgehead atoms. The van der Waals surface area contributed by atoms with Gasteiger partial charge in [-0.1, -0.05) is 12.8 Å². The summed E-state index contributed by atoms with van der Waals surface area (Å²) in [5.41, 5.74) is 0. The molecule has 4 fully saturated rings. The van der Waals surface area contributed by atoms with E-state index in [1.807, 2.05) is 23.9 Å². The maximum atomic E-state index is 13.3. The van der Waals surface area contributed by atoms with Gasteiger partial charge in [0, 0.05) is 14.1 Å². The second-order valence-electron chi connectivity index (χ2n) is 8.19. The molecule has 4 rings (SSSR count). The van der Waals surface area contributed by atoms with Crippen molar-refractivity contribution in [1.29, 1.82) is 0 Å². The van der Waals surface area contributed by atoms with Gasteiger partial charge in [-0.3, -0.25) is 19.6 Å². The Morgan fingerprint density at radius 2 is 1.04 bits per heavy atom. The van der Waals surface area contributed by atoms with Crippen LogP contribution < -0.4 is 0 Å². The zero-order chi connectivity index (χ0) is 18.3. The fourth-order valence-electron chi connectivity index (χ4n) is 4.93. The number of carbonyl (C=O) groups is 2. The van der Waals surface area contributed by atoms with Gasteiger partial charge in [-0.05, 0) is 51.9 Å². The van der Waals surface area contributed by atoms with Crippen molar-refractivity contribution in [1.82, 2.24) is 29.4 Å². The van der Waals surface area contributed by atoms with E-state index in [1.54, 1.807) is 9.80 Å². The summed E-state index contributed by atoms with van der Waals surface area (Å²) in [6.07, 6.45) is 6.96. The highest BCUT2D eigenvalue weighted by molar-refractivity contribution is 5.84. The van der Waals surface area contributed by atoms with E-state index in [9.17, 15) is 9.59 Å². The molecule has 0 saturated carbocycles. The molecule has 26 heavy (non-hydrogen) atoms. The number of urea groups is 2. The van der Waals surface area contributed by atoms with Gasteiger partial charge in [-0.25, -0.2) is 9.59 Å². The van der Waals surface area contributed by atoms with Crippen molar-refractivity contribution >= 4 is 12.1 Å². The molecule has 0 unspecified atom stereocenters. The van der Waals surface area contributed by atoms with Crippen LogP contribution in [0.1, 0.15) is 38.5 Å². The lowest BCUT2D eigenvalue weighted by Gasteiger charge is -2.35. The monoisotopic (exact) mass is 364 g/mol. The lowest BCUT2D eigenvalue weighted by molar-refractivity contribution is 0.0738. The number of rotatable bonds is 4. The highest BCUT2D eigenvalue weighted by atomic mass is 16.2. The molecule has 4 saturated heterocycles. The van der Waals surface area contributed by atoms with Crippen LogP contribution in [0.25, 0.3) is 0 Å². The molecule has 0 spiro atoms. The van der Waals surface area contributed by atoms with Gasteiger partial charge in [0.1, 0.15) is 0 Å². The van der Waals surface area contributed by atoms with E-state index >= 15 is 0 Å². The minimum atomic E-state index is -0.188. The Morgan fingerprint density at radius 3 is 1.42 bits per heavy atom. The van der Waals surface area contributed by atoms with Crippen LogP contribution in [-0.2, 0) is 0 Å². The normalized spacial score (nSPS) is 31.3. The molecule has 0 aromatic heterocycles. The van der Waals surface area contributed by atoms with Gasteiger partial charge in [0.2, 0.25) is 0 Å². The molecule has 2 atom stereocenters. The molecule has 0 aromatic rings. The van der Waals surface area contributed by atoms with E-state index in [1.165, 1.54) is 38.5 Å². The minimum absolute atomic E-state index is 0.000196. The predicted octanol–water partition coefficient (Wildman–Crippen LogP) is 1.26. The lowest BCUT2D eigenvalue weighted by atomic mass is 10.1. The summed E-state index contributed by atoms with van der Waals surface area (Å²) in [5, 5.41) is 0. The number of likely N-dealkylation sites (N-methyl/N-ethyl adjacent to an activating group) is 2. The average molecular weight is 364 g/mol. The third kappa shape index (κ3) is 3.03. The SMILES string of the molecule is CN1C(=O)N(C)[C@@H]2[C@H]1N(CN1CCCCC1)C(=O)N2CN1CCCCC1. The summed E-state index contributed by atoms with van der Waals surface area (Å²) in [4.78, 5) is 37.9. The summed E-state index contributed by atoms with van der Waals surface area (Å²) in [6.45, 7) is 5.42.